The van der Waals surface area contributed by atoms with Crippen molar-refractivity contribution < 1.29 is 9.32 Å². The summed E-state index contributed by atoms with van der Waals surface area (Å²) in [6, 6.07) is 5.32. The number of anilines is 2. The Hall–Kier alpha value is -2.75. The number of carbonyl (C=O) groups is 1. The van der Waals surface area contributed by atoms with E-state index in [4.69, 9.17) is 28.9 Å². The highest BCUT2D eigenvalue weighted by Crippen LogP contribution is 2.34. The smallest absolute Gasteiger partial charge is 0.368 e. The molecule has 1 amide bonds. The van der Waals surface area contributed by atoms with Crippen molar-refractivity contribution >= 4 is 40.5 Å². The van der Waals surface area contributed by atoms with Gasteiger partial charge in [0, 0.05) is 30.4 Å². The Balaban J connectivity index is 1.71. The number of H-pyrrole nitrogens is 2. The lowest BCUT2D eigenvalue weighted by Gasteiger charge is -2.34. The number of rotatable bonds is 4. The first kappa shape index (κ1) is 20.5. The van der Waals surface area contributed by atoms with E-state index < -0.39 is 11.7 Å². The molecular formula is C19H20Cl2N6O3. The van der Waals surface area contributed by atoms with Crippen LogP contribution >= 0.6 is 23.2 Å². The molecule has 1 fully saturated rings. The third kappa shape index (κ3) is 3.96. The number of hydrogen-bond acceptors (Lipinski definition) is 6. The molecule has 1 aromatic carbocycles. The fourth-order valence-corrected chi connectivity index (χ4v) is 3.96. The molecule has 1 aliphatic rings. The molecule has 1 atom stereocenters. The van der Waals surface area contributed by atoms with Crippen molar-refractivity contribution in [1.82, 2.24) is 15.1 Å². The molecule has 0 saturated carbocycles. The van der Waals surface area contributed by atoms with Gasteiger partial charge in [0.25, 0.3) is 5.91 Å². The zero-order valence-corrected chi connectivity index (χ0v) is 17.6. The van der Waals surface area contributed by atoms with Crippen molar-refractivity contribution in [3.05, 3.63) is 50.2 Å². The predicted molar refractivity (Wildman–Crippen MR) is 115 cm³/mol. The highest BCUT2D eigenvalue weighted by atomic mass is 35.5. The van der Waals surface area contributed by atoms with Gasteiger partial charge < -0.3 is 20.9 Å². The topological polar surface area (TPSA) is 133 Å². The molecule has 0 aliphatic carbocycles. The summed E-state index contributed by atoms with van der Waals surface area (Å²) in [5.41, 5.74) is 8.92. The van der Waals surface area contributed by atoms with E-state index in [0.717, 1.165) is 25.1 Å². The van der Waals surface area contributed by atoms with E-state index in [0.29, 0.717) is 34.3 Å². The van der Waals surface area contributed by atoms with Crippen molar-refractivity contribution in [2.75, 3.05) is 23.3 Å². The van der Waals surface area contributed by atoms with E-state index in [9.17, 15) is 9.59 Å². The van der Waals surface area contributed by atoms with Gasteiger partial charge in [-0.05, 0) is 38.0 Å². The number of carbonyl (C=O) groups excluding carboxylic acids is 1. The van der Waals surface area contributed by atoms with Crippen LogP contribution in [0.5, 0.6) is 0 Å². The molecule has 0 bridgehead atoms. The van der Waals surface area contributed by atoms with Gasteiger partial charge in [0.05, 0.1) is 21.4 Å². The second kappa shape index (κ2) is 8.17. The lowest BCUT2D eigenvalue weighted by molar-refractivity contribution is 0.102. The summed E-state index contributed by atoms with van der Waals surface area (Å²) < 4.78 is 4.60. The molecular weight excluding hydrogens is 431 g/mol. The zero-order chi connectivity index (χ0) is 21.4. The van der Waals surface area contributed by atoms with Crippen LogP contribution in [0.3, 0.4) is 0 Å². The number of piperidine rings is 1. The van der Waals surface area contributed by atoms with Gasteiger partial charge in [-0.15, -0.1) is 0 Å². The Morgan fingerprint density at radius 1 is 1.33 bits per heavy atom. The van der Waals surface area contributed by atoms with Gasteiger partial charge in [0.2, 0.25) is 0 Å². The molecule has 3 heterocycles. The van der Waals surface area contributed by atoms with Gasteiger partial charge in [-0.2, -0.15) is 0 Å². The van der Waals surface area contributed by atoms with E-state index in [1.54, 1.807) is 19.1 Å². The minimum atomic E-state index is -0.641. The average molecular weight is 451 g/mol. The Kier molecular flexibility index (Phi) is 5.59. The number of aryl methyl sites for hydroxylation is 1. The van der Waals surface area contributed by atoms with Gasteiger partial charge in [0.1, 0.15) is 5.69 Å². The lowest BCUT2D eigenvalue weighted by atomic mass is 10.0. The maximum atomic E-state index is 12.9. The van der Waals surface area contributed by atoms with E-state index in [2.05, 4.69) is 29.9 Å². The van der Waals surface area contributed by atoms with Crippen molar-refractivity contribution in [2.45, 2.75) is 25.8 Å². The lowest BCUT2D eigenvalue weighted by Crippen LogP contribution is -2.43. The number of hydrogen-bond donors (Lipinski definition) is 4. The number of nitrogens with two attached hydrogens (primary N) is 1. The van der Waals surface area contributed by atoms with E-state index in [-0.39, 0.29) is 16.8 Å². The predicted octanol–water partition coefficient (Wildman–Crippen LogP) is 3.15. The van der Waals surface area contributed by atoms with Crippen molar-refractivity contribution in [3.63, 3.8) is 0 Å². The van der Waals surface area contributed by atoms with E-state index in [1.165, 1.54) is 0 Å². The standard InChI is InChI=1S/C19H20Cl2N6O3/c1-9-14(20)15(21)16(23-9)18(28)24-12-5-4-10(17-25-19(29)30-26-17)7-13(12)27-6-2-3-11(22)8-27/h4-5,7,11,23H,2-3,6,8,22H2,1H3,(H,24,28)(H,25,26,29). The van der Waals surface area contributed by atoms with Gasteiger partial charge >= 0.3 is 5.76 Å². The van der Waals surface area contributed by atoms with Gasteiger partial charge in [-0.3, -0.25) is 14.3 Å². The monoisotopic (exact) mass is 450 g/mol. The molecule has 0 radical (unpaired) electrons. The Bertz CT molecular complexity index is 1150. The third-order valence-corrected chi connectivity index (χ3v) is 5.99. The number of amides is 1. The van der Waals surface area contributed by atoms with E-state index >= 15 is 0 Å². The second-order valence-corrected chi connectivity index (χ2v) is 7.99. The molecule has 158 valence electrons. The number of nitrogens with zero attached hydrogens (tertiary/aromatic N) is 2. The van der Waals surface area contributed by atoms with Crippen molar-refractivity contribution in [1.29, 1.82) is 0 Å². The zero-order valence-electron chi connectivity index (χ0n) is 16.1. The van der Waals surface area contributed by atoms with Crippen molar-refractivity contribution in [2.24, 2.45) is 5.73 Å². The van der Waals surface area contributed by atoms with Crippen LogP contribution in [-0.2, 0) is 0 Å². The largest absolute Gasteiger partial charge is 0.439 e. The minimum Gasteiger partial charge on any atom is -0.368 e. The summed E-state index contributed by atoms with van der Waals surface area (Å²) in [7, 11) is 0. The Morgan fingerprint density at radius 3 is 2.77 bits per heavy atom. The molecule has 0 spiro atoms. The minimum absolute atomic E-state index is 0.0251. The fourth-order valence-electron chi connectivity index (χ4n) is 3.54. The number of nitrogens with one attached hydrogen (secondary N) is 3. The van der Waals surface area contributed by atoms with Gasteiger partial charge in [-0.25, -0.2) is 4.79 Å². The first-order chi connectivity index (χ1) is 14.3. The van der Waals surface area contributed by atoms with Crippen LogP contribution in [0.25, 0.3) is 11.4 Å². The molecule has 5 N–H and O–H groups in total. The number of aromatic amines is 2. The first-order valence-corrected chi connectivity index (χ1v) is 10.1. The van der Waals surface area contributed by atoms with Crippen LogP contribution in [-0.4, -0.2) is 40.2 Å². The molecule has 1 saturated heterocycles. The molecule has 30 heavy (non-hydrogen) atoms. The summed E-state index contributed by atoms with van der Waals surface area (Å²) in [6.45, 7) is 3.15. The van der Waals surface area contributed by atoms with Crippen molar-refractivity contribution in [3.8, 4) is 11.4 Å². The first-order valence-electron chi connectivity index (χ1n) is 9.39. The highest BCUT2D eigenvalue weighted by molar-refractivity contribution is 6.44. The Morgan fingerprint density at radius 2 is 2.13 bits per heavy atom. The highest BCUT2D eigenvalue weighted by Gasteiger charge is 2.23. The number of halogens is 2. The molecule has 4 rings (SSSR count). The summed E-state index contributed by atoms with van der Waals surface area (Å²) in [5.74, 6) is -0.757. The maximum Gasteiger partial charge on any atom is 0.439 e. The quantitative estimate of drug-likeness (QED) is 0.482. The summed E-state index contributed by atoms with van der Waals surface area (Å²) in [6.07, 6.45) is 1.86. The third-order valence-electron chi connectivity index (χ3n) is 5.04. The molecule has 9 nitrogen and oxygen atoms in total. The van der Waals surface area contributed by atoms with E-state index in [1.807, 2.05) is 6.07 Å². The van der Waals surface area contributed by atoms with Crippen LogP contribution in [0.2, 0.25) is 10.0 Å². The summed E-state index contributed by atoms with van der Waals surface area (Å²) in [5, 5.41) is 7.12. The van der Waals surface area contributed by atoms with Crippen LogP contribution < -0.4 is 21.7 Å². The van der Waals surface area contributed by atoms with Crippen LogP contribution in [0.4, 0.5) is 11.4 Å². The molecule has 1 unspecified atom stereocenters. The molecule has 2 aromatic heterocycles. The van der Waals surface area contributed by atoms with Crippen LogP contribution in [0.15, 0.2) is 27.5 Å². The van der Waals surface area contributed by atoms with Crippen LogP contribution in [0, 0.1) is 6.92 Å². The SMILES string of the molecule is Cc1[nH]c(C(=O)Nc2ccc(-c3noc(=O)[nH]3)cc2N2CCCC(N)C2)c(Cl)c1Cl. The molecule has 3 aromatic rings. The number of aromatic nitrogens is 3. The summed E-state index contributed by atoms with van der Waals surface area (Å²) in [4.78, 5) is 31.7. The van der Waals surface area contributed by atoms with Gasteiger partial charge in [-0.1, -0.05) is 28.4 Å². The summed E-state index contributed by atoms with van der Waals surface area (Å²) >= 11 is 12.3. The Labute approximate surface area is 181 Å². The van der Waals surface area contributed by atoms with Gasteiger partial charge in [0.15, 0.2) is 5.82 Å². The molecule has 11 heteroatoms. The normalized spacial score (nSPS) is 16.7. The average Bonchev–Trinajstić information content (AvgIpc) is 3.27. The maximum absolute atomic E-state index is 12.9. The fraction of sp³-hybridized carbons (Fsp3) is 0.316. The second-order valence-electron chi connectivity index (χ2n) is 7.23. The molecule has 1 aliphatic heterocycles. The van der Waals surface area contributed by atoms with Crippen LogP contribution in [0.1, 0.15) is 29.0 Å². The number of benzene rings is 1.